The molecule has 6 nitrogen and oxygen atoms in total. The lowest BCUT2D eigenvalue weighted by molar-refractivity contribution is 0.0644. The molecular weight excluding hydrogens is 368 g/mol. The lowest BCUT2D eigenvalue weighted by atomic mass is 10.1. The van der Waals surface area contributed by atoms with Crippen LogP contribution in [-0.2, 0) is 11.3 Å². The zero-order valence-corrected chi connectivity index (χ0v) is 18.5. The zero-order chi connectivity index (χ0) is 20.9. The molecule has 29 heavy (non-hydrogen) atoms. The van der Waals surface area contributed by atoms with Crippen LogP contribution in [0.4, 0.5) is 0 Å². The van der Waals surface area contributed by atoms with Crippen LogP contribution in [-0.4, -0.2) is 68.7 Å². The second-order valence-corrected chi connectivity index (χ2v) is 8.11. The van der Waals surface area contributed by atoms with Gasteiger partial charge in [0, 0.05) is 19.6 Å². The van der Waals surface area contributed by atoms with Crippen LogP contribution in [0.25, 0.3) is 0 Å². The van der Waals surface area contributed by atoms with Crippen LogP contribution in [0.1, 0.15) is 51.5 Å². The highest BCUT2D eigenvalue weighted by Crippen LogP contribution is 2.28. The molecule has 1 heterocycles. The minimum absolute atomic E-state index is 0.253. The summed E-state index contributed by atoms with van der Waals surface area (Å²) in [4.78, 5) is 2.37. The van der Waals surface area contributed by atoms with Crippen molar-refractivity contribution in [3.63, 3.8) is 0 Å². The predicted molar refractivity (Wildman–Crippen MR) is 117 cm³/mol. The van der Waals surface area contributed by atoms with E-state index in [0.29, 0.717) is 24.7 Å². The Morgan fingerprint density at radius 2 is 1.79 bits per heavy atom. The van der Waals surface area contributed by atoms with Gasteiger partial charge in [-0.15, -0.1) is 0 Å². The van der Waals surface area contributed by atoms with Gasteiger partial charge < -0.3 is 29.5 Å². The standard InChI is InChI=1S/C23H40N2O4/c1-19(2)28-14-11-24-16-20-9-10-22(27-3)23(15-20)29-18-21(26)17-25-12-7-5-4-6-8-13-25/h9-10,15,19,21,24,26H,4-8,11-14,16-18H2,1-3H3. The molecule has 1 aromatic rings. The van der Waals surface area contributed by atoms with E-state index in [-0.39, 0.29) is 12.7 Å². The first kappa shape index (κ1) is 23.9. The predicted octanol–water partition coefficient (Wildman–Crippen LogP) is 3.22. The maximum atomic E-state index is 10.5. The molecule has 1 atom stereocenters. The fourth-order valence-electron chi connectivity index (χ4n) is 3.58. The van der Waals surface area contributed by atoms with Crippen molar-refractivity contribution in [2.24, 2.45) is 0 Å². The number of ether oxygens (including phenoxy) is 3. The molecule has 1 aliphatic heterocycles. The highest BCUT2D eigenvalue weighted by molar-refractivity contribution is 5.43. The van der Waals surface area contributed by atoms with Gasteiger partial charge in [-0.3, -0.25) is 0 Å². The third-order valence-electron chi connectivity index (χ3n) is 5.14. The largest absolute Gasteiger partial charge is 0.493 e. The number of likely N-dealkylation sites (tertiary alicyclic amines) is 1. The van der Waals surface area contributed by atoms with Crippen molar-refractivity contribution in [2.45, 2.75) is 64.7 Å². The van der Waals surface area contributed by atoms with Gasteiger partial charge in [0.15, 0.2) is 11.5 Å². The summed E-state index contributed by atoms with van der Waals surface area (Å²) in [6.45, 7) is 9.38. The third-order valence-corrected chi connectivity index (χ3v) is 5.14. The van der Waals surface area contributed by atoms with E-state index in [2.05, 4.69) is 10.2 Å². The average molecular weight is 409 g/mol. The van der Waals surface area contributed by atoms with Gasteiger partial charge in [0.05, 0.1) is 19.8 Å². The smallest absolute Gasteiger partial charge is 0.161 e. The molecule has 0 bridgehead atoms. The fraction of sp³-hybridized carbons (Fsp3) is 0.739. The minimum Gasteiger partial charge on any atom is -0.493 e. The number of benzene rings is 1. The second kappa shape index (κ2) is 13.8. The minimum atomic E-state index is -0.505. The lowest BCUT2D eigenvalue weighted by Crippen LogP contribution is -2.37. The molecule has 0 spiro atoms. The number of hydrogen-bond donors (Lipinski definition) is 2. The van der Waals surface area contributed by atoms with E-state index in [0.717, 1.165) is 31.7 Å². The molecule has 1 unspecified atom stereocenters. The van der Waals surface area contributed by atoms with Crippen LogP contribution in [0.3, 0.4) is 0 Å². The Bertz CT molecular complexity index is 560. The van der Waals surface area contributed by atoms with Crippen LogP contribution in [0, 0.1) is 0 Å². The summed E-state index contributed by atoms with van der Waals surface area (Å²) in [5.41, 5.74) is 1.11. The fourth-order valence-corrected chi connectivity index (χ4v) is 3.58. The van der Waals surface area contributed by atoms with Gasteiger partial charge in [-0.1, -0.05) is 25.3 Å². The van der Waals surface area contributed by atoms with Crippen LogP contribution in [0.2, 0.25) is 0 Å². The molecule has 166 valence electrons. The molecule has 1 aliphatic rings. The topological polar surface area (TPSA) is 63.2 Å². The molecule has 0 radical (unpaired) electrons. The molecule has 1 saturated heterocycles. The highest BCUT2D eigenvalue weighted by atomic mass is 16.5. The number of aliphatic hydroxyl groups excluding tert-OH is 1. The van der Waals surface area contributed by atoms with Gasteiger partial charge in [0.2, 0.25) is 0 Å². The third kappa shape index (κ3) is 9.81. The Morgan fingerprint density at radius 1 is 1.07 bits per heavy atom. The number of aliphatic hydroxyl groups is 1. The van der Waals surface area contributed by atoms with Crippen molar-refractivity contribution in [1.29, 1.82) is 0 Å². The molecule has 2 N–H and O–H groups in total. The van der Waals surface area contributed by atoms with Crippen molar-refractivity contribution in [2.75, 3.05) is 46.5 Å². The molecule has 0 aromatic heterocycles. The maximum absolute atomic E-state index is 10.5. The zero-order valence-electron chi connectivity index (χ0n) is 18.5. The summed E-state index contributed by atoms with van der Waals surface area (Å²) >= 11 is 0. The van der Waals surface area contributed by atoms with Crippen molar-refractivity contribution < 1.29 is 19.3 Å². The van der Waals surface area contributed by atoms with Gasteiger partial charge in [0.25, 0.3) is 0 Å². The Morgan fingerprint density at radius 3 is 2.48 bits per heavy atom. The number of rotatable bonds is 12. The molecule has 6 heteroatoms. The molecule has 0 saturated carbocycles. The molecule has 2 rings (SSSR count). The Kier molecular flexibility index (Phi) is 11.4. The number of nitrogens with zero attached hydrogens (tertiary/aromatic N) is 1. The van der Waals surface area contributed by atoms with Gasteiger partial charge in [-0.25, -0.2) is 0 Å². The van der Waals surface area contributed by atoms with E-state index in [9.17, 15) is 5.11 Å². The maximum Gasteiger partial charge on any atom is 0.161 e. The Balaban J connectivity index is 1.79. The van der Waals surface area contributed by atoms with E-state index in [1.54, 1.807) is 7.11 Å². The van der Waals surface area contributed by atoms with E-state index >= 15 is 0 Å². The van der Waals surface area contributed by atoms with E-state index < -0.39 is 6.10 Å². The van der Waals surface area contributed by atoms with E-state index in [1.165, 1.54) is 32.1 Å². The summed E-state index contributed by atoms with van der Waals surface area (Å²) in [6, 6.07) is 5.93. The molecule has 0 amide bonds. The molecule has 1 fully saturated rings. The van der Waals surface area contributed by atoms with E-state index in [4.69, 9.17) is 14.2 Å². The normalized spacial score (nSPS) is 17.0. The average Bonchev–Trinajstić information content (AvgIpc) is 2.68. The number of hydrogen-bond acceptors (Lipinski definition) is 6. The van der Waals surface area contributed by atoms with Gasteiger partial charge in [0.1, 0.15) is 12.7 Å². The summed E-state index contributed by atoms with van der Waals surface area (Å²) in [7, 11) is 1.64. The number of nitrogens with one attached hydrogen (secondary N) is 1. The first-order valence-corrected chi connectivity index (χ1v) is 11.1. The quantitative estimate of drug-likeness (QED) is 0.518. The van der Waals surface area contributed by atoms with Crippen LogP contribution in [0.5, 0.6) is 11.5 Å². The van der Waals surface area contributed by atoms with Gasteiger partial charge in [-0.05, 0) is 57.5 Å². The number of methoxy groups -OCH3 is 1. The first-order valence-electron chi connectivity index (χ1n) is 11.1. The molecule has 1 aromatic carbocycles. The van der Waals surface area contributed by atoms with Crippen molar-refractivity contribution in [3.05, 3.63) is 23.8 Å². The monoisotopic (exact) mass is 408 g/mol. The van der Waals surface area contributed by atoms with E-state index in [1.807, 2.05) is 32.0 Å². The van der Waals surface area contributed by atoms with Gasteiger partial charge >= 0.3 is 0 Å². The van der Waals surface area contributed by atoms with Crippen LogP contribution < -0.4 is 14.8 Å². The Hall–Kier alpha value is -1.34. The lowest BCUT2D eigenvalue weighted by Gasteiger charge is -2.26. The number of β-amino-alcohol motifs (C(OH)–C–C–N with tert-alkyl or cyclic N) is 1. The summed E-state index contributed by atoms with van der Waals surface area (Å²) in [6.07, 6.45) is 6.12. The highest BCUT2D eigenvalue weighted by Gasteiger charge is 2.15. The summed E-state index contributed by atoms with van der Waals surface area (Å²) in [5, 5.41) is 13.8. The summed E-state index contributed by atoms with van der Waals surface area (Å²) < 4.78 is 16.9. The summed E-state index contributed by atoms with van der Waals surface area (Å²) in [5.74, 6) is 1.37. The molecular formula is C23H40N2O4. The van der Waals surface area contributed by atoms with Crippen molar-refractivity contribution in [1.82, 2.24) is 10.2 Å². The van der Waals surface area contributed by atoms with Crippen LogP contribution >= 0.6 is 0 Å². The molecule has 0 aliphatic carbocycles. The van der Waals surface area contributed by atoms with Gasteiger partial charge in [-0.2, -0.15) is 0 Å². The second-order valence-electron chi connectivity index (χ2n) is 8.11. The Labute approximate surface area is 176 Å². The van der Waals surface area contributed by atoms with Crippen molar-refractivity contribution in [3.8, 4) is 11.5 Å². The van der Waals surface area contributed by atoms with Crippen LogP contribution in [0.15, 0.2) is 18.2 Å². The SMILES string of the molecule is COc1ccc(CNCCOC(C)C)cc1OCC(O)CN1CCCCCCC1. The van der Waals surface area contributed by atoms with Crippen molar-refractivity contribution >= 4 is 0 Å². The first-order chi connectivity index (χ1) is 14.1.